The van der Waals surface area contributed by atoms with Crippen LogP contribution < -0.4 is 39.4 Å². The Kier molecular flexibility index (Phi) is 9.87. The predicted octanol–water partition coefficient (Wildman–Crippen LogP) is 1.82. The number of carbonyl (C=O) groups excluding carboxylic acids is 1. The number of ether oxygens (including phenoxy) is 1. The number of carboxylic acid groups (broad SMARTS) is 1. The average molecular weight is 494 g/mol. The molecule has 1 aromatic heterocycles. The number of para-hydroxylation sites is 1. The fraction of sp³-hybridized carbons (Fsp3) is 0.143. The molecule has 0 atom stereocenters. The van der Waals surface area contributed by atoms with E-state index in [2.05, 4.69) is 5.16 Å². The zero-order valence-corrected chi connectivity index (χ0v) is 22.2. The van der Waals surface area contributed by atoms with Crippen molar-refractivity contribution in [3.8, 4) is 11.5 Å². The summed E-state index contributed by atoms with van der Waals surface area (Å²) in [6, 6.07) is 22.8. The molecule has 0 N–H and O–H groups in total. The van der Waals surface area contributed by atoms with Gasteiger partial charge >= 0.3 is 29.6 Å². The fourth-order valence-electron chi connectivity index (χ4n) is 3.65. The molecule has 0 unspecified atom stereocenters. The van der Waals surface area contributed by atoms with Crippen LogP contribution in [0.2, 0.25) is 0 Å². The second kappa shape index (κ2) is 13.1. The molecule has 0 radical (unpaired) electrons. The first-order chi connectivity index (χ1) is 17.0. The molecule has 0 aliphatic rings. The molecule has 36 heavy (non-hydrogen) atoms. The van der Waals surface area contributed by atoms with Crippen LogP contribution in [-0.2, 0) is 17.8 Å². The summed E-state index contributed by atoms with van der Waals surface area (Å²) in [5.74, 6) is -0.274. The Morgan fingerprint density at radius 2 is 1.69 bits per heavy atom. The molecule has 4 aromatic rings. The third-order valence-electron chi connectivity index (χ3n) is 5.27. The Labute approximate surface area is 231 Å². The van der Waals surface area contributed by atoms with Crippen LogP contribution in [0.15, 0.2) is 96.4 Å². The normalized spacial score (nSPS) is 11.0. The number of oxime groups is 1. The minimum atomic E-state index is -1.28. The Balaban J connectivity index is 0.00000361. The molecular formula is C28H24FN2NaO4. The Morgan fingerprint density at radius 3 is 2.39 bits per heavy atom. The standard InChI is InChI=1S/C28H25FN2O4.Na/c1-2-34-30-27(21-7-6-10-25(16-21)35-24-8-4-3-5-9-24)19-31-17-22(26(18-31)28(32)33)15-20-11-13-23(29)14-12-20;/h3-14,16-18H,2,15,19H2,1H3,(H,32,33);/q;+1/p-1/b30-27+;. The van der Waals surface area contributed by atoms with Crippen LogP contribution in [-0.4, -0.2) is 22.9 Å². The summed E-state index contributed by atoms with van der Waals surface area (Å²) < 4.78 is 20.9. The molecule has 178 valence electrons. The molecule has 0 bridgehead atoms. The molecule has 0 aliphatic carbocycles. The van der Waals surface area contributed by atoms with Crippen molar-refractivity contribution in [2.45, 2.75) is 19.9 Å². The van der Waals surface area contributed by atoms with Crippen molar-refractivity contribution in [1.82, 2.24) is 4.57 Å². The Hall–Kier alpha value is -3.39. The molecule has 0 fully saturated rings. The molecule has 0 saturated heterocycles. The van der Waals surface area contributed by atoms with Gasteiger partial charge in [0.1, 0.15) is 29.6 Å². The van der Waals surface area contributed by atoms with Crippen LogP contribution in [0.3, 0.4) is 0 Å². The SMILES string of the molecule is CCO/N=C(\Cn1cc(Cc2ccc(F)cc2)c(C(=O)[O-])c1)c1cccc(Oc2ccccc2)c1.[Na+]. The summed E-state index contributed by atoms with van der Waals surface area (Å²) in [6.45, 7) is 2.48. The first-order valence-electron chi connectivity index (χ1n) is 11.2. The first-order valence-corrected chi connectivity index (χ1v) is 11.2. The molecule has 0 amide bonds. The Bertz CT molecular complexity index is 1320. The summed E-state index contributed by atoms with van der Waals surface area (Å²) in [4.78, 5) is 17.1. The molecule has 3 aromatic carbocycles. The van der Waals surface area contributed by atoms with Gasteiger partial charge < -0.3 is 24.0 Å². The number of aromatic nitrogens is 1. The summed E-state index contributed by atoms with van der Waals surface area (Å²) in [5, 5.41) is 16.0. The average Bonchev–Trinajstić information content (AvgIpc) is 3.26. The zero-order chi connectivity index (χ0) is 24.6. The summed E-state index contributed by atoms with van der Waals surface area (Å²) in [5.41, 5.74) is 2.80. The maximum atomic E-state index is 13.3. The number of benzene rings is 3. The monoisotopic (exact) mass is 494 g/mol. The molecule has 0 aliphatic heterocycles. The molecular weight excluding hydrogens is 470 g/mol. The van der Waals surface area contributed by atoms with Crippen LogP contribution in [0.4, 0.5) is 4.39 Å². The largest absolute Gasteiger partial charge is 1.00 e. The van der Waals surface area contributed by atoms with Crippen molar-refractivity contribution in [1.29, 1.82) is 0 Å². The number of carbonyl (C=O) groups is 1. The van der Waals surface area contributed by atoms with Crippen molar-refractivity contribution in [3.05, 3.63) is 119 Å². The number of carboxylic acids is 1. The molecule has 0 saturated carbocycles. The number of aromatic carboxylic acids is 1. The van der Waals surface area contributed by atoms with E-state index in [9.17, 15) is 14.3 Å². The van der Waals surface area contributed by atoms with Gasteiger partial charge in [0.05, 0.1) is 12.5 Å². The molecule has 0 spiro atoms. The van der Waals surface area contributed by atoms with Crippen LogP contribution >= 0.6 is 0 Å². The van der Waals surface area contributed by atoms with Crippen molar-refractivity contribution >= 4 is 11.7 Å². The van der Waals surface area contributed by atoms with Gasteiger partial charge in [0.2, 0.25) is 0 Å². The second-order valence-corrected chi connectivity index (χ2v) is 7.86. The van der Waals surface area contributed by atoms with Gasteiger partial charge in [-0.25, -0.2) is 4.39 Å². The van der Waals surface area contributed by atoms with E-state index in [4.69, 9.17) is 9.57 Å². The van der Waals surface area contributed by atoms with Crippen LogP contribution in [0, 0.1) is 5.82 Å². The molecule has 6 nitrogen and oxygen atoms in total. The number of hydrogen-bond donors (Lipinski definition) is 0. The third-order valence-corrected chi connectivity index (χ3v) is 5.27. The number of nitrogens with zero attached hydrogens (tertiary/aromatic N) is 2. The van der Waals surface area contributed by atoms with Gasteiger partial charge in [0, 0.05) is 23.5 Å². The van der Waals surface area contributed by atoms with Gasteiger partial charge in [-0.1, -0.05) is 47.6 Å². The van der Waals surface area contributed by atoms with E-state index in [0.717, 1.165) is 11.1 Å². The van der Waals surface area contributed by atoms with Crippen molar-refractivity contribution in [2.75, 3.05) is 6.61 Å². The van der Waals surface area contributed by atoms with E-state index >= 15 is 0 Å². The minimum absolute atomic E-state index is 0. The van der Waals surface area contributed by atoms with Crippen LogP contribution in [0.25, 0.3) is 0 Å². The molecule has 1 heterocycles. The van der Waals surface area contributed by atoms with Crippen LogP contribution in [0.5, 0.6) is 11.5 Å². The minimum Gasteiger partial charge on any atom is -0.545 e. The number of halogens is 1. The summed E-state index contributed by atoms with van der Waals surface area (Å²) in [6.07, 6.45) is 3.58. The molecule has 8 heteroatoms. The van der Waals surface area contributed by atoms with Crippen molar-refractivity contribution in [2.24, 2.45) is 5.16 Å². The van der Waals surface area contributed by atoms with Gasteiger partial charge in [-0.05, 0) is 60.9 Å². The van der Waals surface area contributed by atoms with Crippen molar-refractivity contribution < 1.29 is 53.4 Å². The van der Waals surface area contributed by atoms with Crippen LogP contribution in [0.1, 0.15) is 34.0 Å². The van der Waals surface area contributed by atoms with Crippen molar-refractivity contribution in [3.63, 3.8) is 0 Å². The van der Waals surface area contributed by atoms with E-state index in [1.165, 1.54) is 18.3 Å². The van der Waals surface area contributed by atoms with E-state index in [1.807, 2.05) is 61.5 Å². The summed E-state index contributed by atoms with van der Waals surface area (Å²) in [7, 11) is 0. The third kappa shape index (κ3) is 7.31. The maximum Gasteiger partial charge on any atom is 1.00 e. The molecule has 4 rings (SSSR count). The topological polar surface area (TPSA) is 75.9 Å². The smallest absolute Gasteiger partial charge is 0.545 e. The van der Waals surface area contributed by atoms with E-state index in [0.29, 0.717) is 35.8 Å². The summed E-state index contributed by atoms with van der Waals surface area (Å²) >= 11 is 0. The quantitative estimate of drug-likeness (QED) is 0.192. The maximum absolute atomic E-state index is 13.3. The van der Waals surface area contributed by atoms with Gasteiger partial charge in [0.15, 0.2) is 0 Å². The van der Waals surface area contributed by atoms with Gasteiger partial charge in [-0.3, -0.25) is 0 Å². The number of rotatable bonds is 10. The van der Waals surface area contributed by atoms with E-state index in [-0.39, 0.29) is 47.5 Å². The Morgan fingerprint density at radius 1 is 0.972 bits per heavy atom. The number of hydrogen-bond acceptors (Lipinski definition) is 5. The second-order valence-electron chi connectivity index (χ2n) is 7.86. The van der Waals surface area contributed by atoms with E-state index < -0.39 is 5.97 Å². The predicted molar refractivity (Wildman–Crippen MR) is 129 cm³/mol. The first kappa shape index (κ1) is 27.2. The van der Waals surface area contributed by atoms with E-state index in [1.54, 1.807) is 22.9 Å². The zero-order valence-electron chi connectivity index (χ0n) is 20.2. The van der Waals surface area contributed by atoms with Gasteiger partial charge in [-0.2, -0.15) is 0 Å². The fourth-order valence-corrected chi connectivity index (χ4v) is 3.65. The van der Waals surface area contributed by atoms with Gasteiger partial charge in [-0.15, -0.1) is 0 Å². The van der Waals surface area contributed by atoms with Gasteiger partial charge in [0.25, 0.3) is 0 Å².